The molecule has 1 unspecified atom stereocenters. The number of carbonyl (C=O) groups excluding carboxylic acids is 1. The van der Waals surface area contributed by atoms with Crippen LogP contribution in [0.1, 0.15) is 16.7 Å². The molecule has 2 aliphatic heterocycles. The van der Waals surface area contributed by atoms with Crippen molar-refractivity contribution in [3.63, 3.8) is 0 Å². The van der Waals surface area contributed by atoms with Gasteiger partial charge in [0, 0.05) is 47.9 Å². The molecule has 1 aromatic heterocycles. The van der Waals surface area contributed by atoms with Gasteiger partial charge in [0.1, 0.15) is 11.5 Å². The molecule has 0 bridgehead atoms. The first-order valence-electron chi connectivity index (χ1n) is 9.06. The molecule has 2 aromatic carbocycles. The summed E-state index contributed by atoms with van der Waals surface area (Å²) in [6.45, 7) is 0. The second kappa shape index (κ2) is 6.00. The number of hydrogen-bond donors (Lipinski definition) is 2. The number of amides is 1. The van der Waals surface area contributed by atoms with E-state index in [-0.39, 0.29) is 11.9 Å². The molecule has 1 amide bonds. The van der Waals surface area contributed by atoms with Gasteiger partial charge in [-0.1, -0.05) is 24.3 Å². The molecule has 1 atom stereocenters. The van der Waals surface area contributed by atoms with Crippen molar-refractivity contribution in [3.05, 3.63) is 77.6 Å². The molecule has 1 spiro atoms. The summed E-state index contributed by atoms with van der Waals surface area (Å²) in [6, 6.07) is 14.9. The van der Waals surface area contributed by atoms with Crippen LogP contribution in [-0.2, 0) is 10.3 Å². The lowest BCUT2D eigenvalue weighted by molar-refractivity contribution is -0.129. The monoisotopic (exact) mass is 383 g/mol. The highest BCUT2D eigenvalue weighted by atomic mass is 16.5. The fourth-order valence-electron chi connectivity index (χ4n) is 3.89. The van der Waals surface area contributed by atoms with Crippen LogP contribution >= 0.6 is 0 Å². The van der Waals surface area contributed by atoms with Gasteiger partial charge in [-0.05, 0) is 29.8 Å². The van der Waals surface area contributed by atoms with Gasteiger partial charge in [0.15, 0.2) is 5.96 Å². The fraction of sp³-hybridized carbons (Fsp3) is 0.0909. The summed E-state index contributed by atoms with van der Waals surface area (Å²) in [5.41, 5.74) is 8.43. The van der Waals surface area contributed by atoms with Crippen LogP contribution in [0.15, 0.2) is 65.9 Å². The molecule has 0 aliphatic carbocycles. The van der Waals surface area contributed by atoms with Gasteiger partial charge in [-0.3, -0.25) is 14.7 Å². The number of pyridine rings is 1. The van der Waals surface area contributed by atoms with E-state index >= 15 is 0 Å². The van der Waals surface area contributed by atoms with Gasteiger partial charge < -0.3 is 15.9 Å². The zero-order valence-corrected chi connectivity index (χ0v) is 15.6. The third-order valence-electron chi connectivity index (χ3n) is 5.37. The largest absolute Gasteiger partial charge is 0.457 e. The Balaban J connectivity index is 1.78. The van der Waals surface area contributed by atoms with Crippen LogP contribution in [0.4, 0.5) is 0 Å². The van der Waals surface area contributed by atoms with Crippen LogP contribution in [0, 0.1) is 5.41 Å². The minimum absolute atomic E-state index is 0.163. The Morgan fingerprint density at radius 1 is 1.07 bits per heavy atom. The van der Waals surface area contributed by atoms with E-state index < -0.39 is 5.54 Å². The van der Waals surface area contributed by atoms with Gasteiger partial charge in [0.25, 0.3) is 5.91 Å². The van der Waals surface area contributed by atoms with Crippen LogP contribution in [0.25, 0.3) is 11.1 Å². The number of carbonyl (C=O) groups is 1. The number of ether oxygens (including phenoxy) is 1. The predicted octanol–water partition coefficient (Wildman–Crippen LogP) is 2.88. The highest BCUT2D eigenvalue weighted by molar-refractivity contribution is 6.10. The van der Waals surface area contributed by atoms with Crippen LogP contribution in [0.5, 0.6) is 11.5 Å². The Labute approximate surface area is 167 Å². The van der Waals surface area contributed by atoms with E-state index in [1.54, 1.807) is 19.4 Å². The number of aliphatic imine (C=N–C) groups is 1. The lowest BCUT2D eigenvalue weighted by Crippen LogP contribution is -2.42. The number of nitrogens with one attached hydrogen (secondary N) is 1. The number of hydrogen-bond acceptors (Lipinski definition) is 6. The molecule has 7 nitrogen and oxygen atoms in total. The lowest BCUT2D eigenvalue weighted by atomic mass is 9.79. The number of nitrogens with two attached hydrogens (primary N) is 1. The van der Waals surface area contributed by atoms with E-state index in [1.165, 1.54) is 11.1 Å². The fourth-order valence-corrected chi connectivity index (χ4v) is 3.89. The summed E-state index contributed by atoms with van der Waals surface area (Å²) in [6.07, 6.45) is 4.59. The van der Waals surface area contributed by atoms with Crippen molar-refractivity contribution in [2.45, 2.75) is 5.54 Å². The first kappa shape index (κ1) is 17.1. The summed E-state index contributed by atoms with van der Waals surface area (Å²) in [4.78, 5) is 23.6. The molecular weight excluding hydrogens is 366 g/mol. The van der Waals surface area contributed by atoms with E-state index in [0.717, 1.165) is 11.1 Å². The van der Waals surface area contributed by atoms with Gasteiger partial charge in [0.05, 0.1) is 0 Å². The van der Waals surface area contributed by atoms with E-state index in [1.807, 2.05) is 48.5 Å². The van der Waals surface area contributed by atoms with Gasteiger partial charge >= 0.3 is 0 Å². The van der Waals surface area contributed by atoms with Gasteiger partial charge in [0.2, 0.25) is 5.54 Å². The third kappa shape index (κ3) is 2.30. The summed E-state index contributed by atoms with van der Waals surface area (Å²) >= 11 is 0. The van der Waals surface area contributed by atoms with Crippen LogP contribution in [-0.4, -0.2) is 35.0 Å². The topological polar surface area (TPSA) is 105 Å². The minimum Gasteiger partial charge on any atom is -0.457 e. The molecule has 0 saturated carbocycles. The molecular formula is C22H17N5O2. The van der Waals surface area contributed by atoms with Crippen molar-refractivity contribution in [1.82, 2.24) is 9.88 Å². The summed E-state index contributed by atoms with van der Waals surface area (Å²) in [7, 11) is 1.62. The Bertz CT molecular complexity index is 1220. The van der Waals surface area contributed by atoms with E-state index in [4.69, 9.17) is 15.9 Å². The Kier molecular flexibility index (Phi) is 3.54. The minimum atomic E-state index is -1.29. The maximum absolute atomic E-state index is 13.4. The van der Waals surface area contributed by atoms with Crippen molar-refractivity contribution in [2.24, 2.45) is 10.7 Å². The van der Waals surface area contributed by atoms with Crippen molar-refractivity contribution in [2.75, 3.05) is 7.05 Å². The van der Waals surface area contributed by atoms with Crippen molar-refractivity contribution < 1.29 is 9.53 Å². The Morgan fingerprint density at radius 3 is 2.62 bits per heavy atom. The van der Waals surface area contributed by atoms with E-state index in [2.05, 4.69) is 9.98 Å². The zero-order chi connectivity index (χ0) is 20.2. The number of nitrogens with zero attached hydrogens (tertiary/aromatic N) is 3. The lowest BCUT2D eigenvalue weighted by Gasteiger charge is -2.33. The normalized spacial score (nSPS) is 19.4. The van der Waals surface area contributed by atoms with Crippen molar-refractivity contribution in [3.8, 4) is 22.6 Å². The quantitative estimate of drug-likeness (QED) is 0.664. The molecule has 3 N–H and O–H groups in total. The highest BCUT2D eigenvalue weighted by Gasteiger charge is 2.54. The molecule has 142 valence electrons. The first-order valence-corrected chi connectivity index (χ1v) is 9.06. The van der Waals surface area contributed by atoms with E-state index in [9.17, 15) is 4.79 Å². The van der Waals surface area contributed by atoms with Crippen molar-refractivity contribution >= 4 is 18.1 Å². The van der Waals surface area contributed by atoms with Crippen LogP contribution in [0.2, 0.25) is 0 Å². The molecule has 7 heteroatoms. The molecule has 5 rings (SSSR count). The van der Waals surface area contributed by atoms with E-state index in [0.29, 0.717) is 28.2 Å². The molecule has 0 saturated heterocycles. The second-order valence-electron chi connectivity index (χ2n) is 7.01. The standard InChI is InChI=1S/C22H17N5O2/c1-27-20(28)22(26-21(27)24)16-4-2-3-5-18(16)29-19-7-6-14(9-17(19)22)15-8-13(10-23)11-25-12-15/h2-12,23H,1H3,(H2,24,26). The van der Waals surface area contributed by atoms with Gasteiger partial charge in [-0.2, -0.15) is 0 Å². The second-order valence-corrected chi connectivity index (χ2v) is 7.01. The number of benzene rings is 2. The third-order valence-corrected chi connectivity index (χ3v) is 5.37. The number of aromatic nitrogens is 1. The van der Waals surface area contributed by atoms with Gasteiger partial charge in [-0.15, -0.1) is 0 Å². The summed E-state index contributed by atoms with van der Waals surface area (Å²) < 4.78 is 6.09. The number of fused-ring (bicyclic) bond motifs is 4. The average Bonchev–Trinajstić information content (AvgIpc) is 2.98. The average molecular weight is 383 g/mol. The van der Waals surface area contributed by atoms with Gasteiger partial charge in [-0.25, -0.2) is 4.99 Å². The first-order chi connectivity index (χ1) is 14.0. The predicted molar refractivity (Wildman–Crippen MR) is 109 cm³/mol. The summed E-state index contributed by atoms with van der Waals surface area (Å²) in [5, 5.41) is 7.47. The number of guanidine groups is 1. The number of para-hydroxylation sites is 1. The molecule has 0 fully saturated rings. The Hall–Kier alpha value is -4.00. The van der Waals surface area contributed by atoms with Crippen molar-refractivity contribution in [1.29, 1.82) is 5.41 Å². The summed E-state index contributed by atoms with van der Waals surface area (Å²) in [5.74, 6) is 1.08. The number of likely N-dealkylation sites (N-methyl/N-ethyl adjacent to an activating group) is 1. The van der Waals surface area contributed by atoms with Crippen LogP contribution < -0.4 is 10.5 Å². The Morgan fingerprint density at radius 2 is 1.86 bits per heavy atom. The number of rotatable bonds is 2. The molecule has 2 aliphatic rings. The molecule has 3 heterocycles. The highest BCUT2D eigenvalue weighted by Crippen LogP contribution is 2.52. The molecule has 29 heavy (non-hydrogen) atoms. The molecule has 0 radical (unpaired) electrons. The maximum Gasteiger partial charge on any atom is 0.266 e. The molecule has 3 aromatic rings. The smallest absolute Gasteiger partial charge is 0.266 e. The maximum atomic E-state index is 13.4. The zero-order valence-electron chi connectivity index (χ0n) is 15.6. The van der Waals surface area contributed by atoms with Crippen LogP contribution in [0.3, 0.4) is 0 Å². The SMILES string of the molecule is CN1C(=O)C2(N=C1N)c1ccccc1Oc1ccc(-c3cncc(C=N)c3)cc12.